The summed E-state index contributed by atoms with van der Waals surface area (Å²) in [6, 6.07) is 20.4. The molecule has 1 aliphatic heterocycles. The number of para-hydroxylation sites is 1. The Balaban J connectivity index is 1.42. The van der Waals surface area contributed by atoms with Crippen LogP contribution < -0.4 is 5.32 Å². The number of ketones is 1. The molecule has 6 nitrogen and oxygen atoms in total. The van der Waals surface area contributed by atoms with E-state index in [4.69, 9.17) is 0 Å². The summed E-state index contributed by atoms with van der Waals surface area (Å²) in [5, 5.41) is 3.58. The molecule has 0 spiro atoms. The highest BCUT2D eigenvalue weighted by molar-refractivity contribution is 7.99. The van der Waals surface area contributed by atoms with Gasteiger partial charge in [0.1, 0.15) is 11.7 Å². The lowest BCUT2D eigenvalue weighted by Gasteiger charge is -2.25. The lowest BCUT2D eigenvalue weighted by molar-refractivity contribution is -0.133. The first-order chi connectivity index (χ1) is 16.4. The zero-order chi connectivity index (χ0) is 24.1. The average molecular weight is 476 g/mol. The van der Waals surface area contributed by atoms with Crippen LogP contribution in [0, 0.1) is 5.92 Å². The first-order valence-corrected chi connectivity index (χ1v) is 12.6. The molecule has 176 valence electrons. The number of rotatable bonds is 8. The number of hydrogen-bond donors (Lipinski definition) is 1. The Bertz CT molecular complexity index is 1180. The van der Waals surface area contributed by atoms with E-state index >= 15 is 0 Å². The molecule has 2 unspecified atom stereocenters. The van der Waals surface area contributed by atoms with Crippen molar-refractivity contribution in [1.29, 1.82) is 0 Å². The molecule has 1 N–H and O–H groups in total. The molecular formula is C27H29N3O3S. The van der Waals surface area contributed by atoms with Gasteiger partial charge in [0.25, 0.3) is 5.91 Å². The molecule has 0 aliphatic carbocycles. The van der Waals surface area contributed by atoms with E-state index in [1.807, 2.05) is 74.5 Å². The summed E-state index contributed by atoms with van der Waals surface area (Å²) in [6.07, 6.45) is 0.491. The van der Waals surface area contributed by atoms with E-state index in [0.29, 0.717) is 13.0 Å². The molecule has 34 heavy (non-hydrogen) atoms. The number of pyridine rings is 1. The maximum Gasteiger partial charge on any atom is 0.270 e. The lowest BCUT2D eigenvalue weighted by atomic mass is 10.0. The molecule has 1 aliphatic rings. The van der Waals surface area contributed by atoms with Gasteiger partial charge in [-0.2, -0.15) is 0 Å². The van der Waals surface area contributed by atoms with Gasteiger partial charge < -0.3 is 10.2 Å². The SMILES string of the molecule is CC(C)CC(NC(=O)c1ccc2ccccc2n1)C(=O)N1CC(=O)C(SCc2ccccc2)C1. The number of benzene rings is 2. The summed E-state index contributed by atoms with van der Waals surface area (Å²) in [4.78, 5) is 45.0. The van der Waals surface area contributed by atoms with Crippen LogP contribution in [0.3, 0.4) is 0 Å². The van der Waals surface area contributed by atoms with Crippen LogP contribution in [0.5, 0.6) is 0 Å². The van der Waals surface area contributed by atoms with Crippen molar-refractivity contribution < 1.29 is 14.4 Å². The van der Waals surface area contributed by atoms with E-state index in [1.54, 1.807) is 22.7 Å². The standard InChI is InChI=1S/C27H29N3O3S/c1-18(2)14-23(29-26(32)22-13-12-20-10-6-7-11-21(20)28-22)27(33)30-15-24(31)25(16-30)34-17-19-8-4-3-5-9-19/h3-13,18,23,25H,14-17H2,1-2H3,(H,29,32). The highest BCUT2D eigenvalue weighted by Gasteiger charge is 2.37. The molecular weight excluding hydrogens is 446 g/mol. The third kappa shape index (κ3) is 5.83. The van der Waals surface area contributed by atoms with Crippen LogP contribution in [0.15, 0.2) is 66.7 Å². The number of aromatic nitrogens is 1. The summed E-state index contributed by atoms with van der Waals surface area (Å²) < 4.78 is 0. The zero-order valence-electron chi connectivity index (χ0n) is 19.4. The van der Waals surface area contributed by atoms with Crippen molar-refractivity contribution in [2.75, 3.05) is 13.1 Å². The highest BCUT2D eigenvalue weighted by Crippen LogP contribution is 2.25. The molecule has 2 amide bonds. The summed E-state index contributed by atoms with van der Waals surface area (Å²) in [5.41, 5.74) is 2.15. The first-order valence-electron chi connectivity index (χ1n) is 11.5. The smallest absolute Gasteiger partial charge is 0.270 e. The van der Waals surface area contributed by atoms with Crippen LogP contribution in [0.1, 0.15) is 36.3 Å². The summed E-state index contributed by atoms with van der Waals surface area (Å²) in [6.45, 7) is 4.47. The minimum absolute atomic E-state index is 0.0556. The number of fused-ring (bicyclic) bond motifs is 1. The van der Waals surface area contributed by atoms with E-state index < -0.39 is 6.04 Å². The molecule has 2 heterocycles. The van der Waals surface area contributed by atoms with Gasteiger partial charge in [-0.3, -0.25) is 14.4 Å². The molecule has 4 rings (SSSR count). The van der Waals surface area contributed by atoms with Gasteiger partial charge in [-0.25, -0.2) is 4.98 Å². The van der Waals surface area contributed by atoms with Gasteiger partial charge in [0.05, 0.1) is 17.3 Å². The van der Waals surface area contributed by atoms with Crippen molar-refractivity contribution in [2.24, 2.45) is 5.92 Å². The molecule has 2 atom stereocenters. The van der Waals surface area contributed by atoms with Crippen LogP contribution in [0.25, 0.3) is 10.9 Å². The van der Waals surface area contributed by atoms with Gasteiger partial charge in [-0.05, 0) is 30.0 Å². The topological polar surface area (TPSA) is 79.4 Å². The fraction of sp³-hybridized carbons (Fsp3) is 0.333. The van der Waals surface area contributed by atoms with E-state index in [2.05, 4.69) is 10.3 Å². The van der Waals surface area contributed by atoms with Crippen molar-refractivity contribution >= 4 is 40.3 Å². The van der Waals surface area contributed by atoms with Crippen LogP contribution in [0.4, 0.5) is 0 Å². The van der Waals surface area contributed by atoms with Crippen molar-refractivity contribution in [3.8, 4) is 0 Å². The van der Waals surface area contributed by atoms with E-state index in [-0.39, 0.29) is 41.0 Å². The second-order valence-electron chi connectivity index (χ2n) is 9.02. The van der Waals surface area contributed by atoms with Crippen LogP contribution in [-0.4, -0.2) is 51.9 Å². The second-order valence-corrected chi connectivity index (χ2v) is 10.2. The Morgan fingerprint density at radius 2 is 1.79 bits per heavy atom. The number of carbonyl (C=O) groups is 3. The van der Waals surface area contributed by atoms with E-state index in [0.717, 1.165) is 22.2 Å². The molecule has 2 aromatic carbocycles. The summed E-state index contributed by atoms with van der Waals surface area (Å²) >= 11 is 1.56. The van der Waals surface area contributed by atoms with E-state index in [9.17, 15) is 14.4 Å². The Morgan fingerprint density at radius 3 is 2.56 bits per heavy atom. The van der Waals surface area contributed by atoms with E-state index in [1.165, 1.54) is 0 Å². The Labute approximate surface area is 204 Å². The maximum atomic E-state index is 13.4. The molecule has 3 aromatic rings. The lowest BCUT2D eigenvalue weighted by Crippen LogP contribution is -2.49. The van der Waals surface area contributed by atoms with Gasteiger partial charge in [0, 0.05) is 17.7 Å². The fourth-order valence-electron chi connectivity index (χ4n) is 4.08. The van der Waals surface area contributed by atoms with Crippen molar-refractivity contribution in [1.82, 2.24) is 15.2 Å². The highest BCUT2D eigenvalue weighted by atomic mass is 32.2. The number of carbonyl (C=O) groups excluding carboxylic acids is 3. The molecule has 0 saturated carbocycles. The Hall–Kier alpha value is -3.19. The quantitative estimate of drug-likeness (QED) is 0.531. The number of thioether (sulfide) groups is 1. The van der Waals surface area contributed by atoms with Crippen molar-refractivity contribution in [2.45, 2.75) is 37.3 Å². The van der Waals surface area contributed by atoms with Gasteiger partial charge in [0.2, 0.25) is 5.91 Å². The van der Waals surface area contributed by atoms with Crippen molar-refractivity contribution in [3.05, 3.63) is 78.0 Å². The summed E-state index contributed by atoms with van der Waals surface area (Å²) in [7, 11) is 0. The zero-order valence-corrected chi connectivity index (χ0v) is 20.3. The first kappa shape index (κ1) is 24.0. The van der Waals surface area contributed by atoms with Gasteiger partial charge in [0.15, 0.2) is 5.78 Å². The Morgan fingerprint density at radius 1 is 1.06 bits per heavy atom. The molecule has 7 heteroatoms. The molecule has 1 saturated heterocycles. The fourth-order valence-corrected chi connectivity index (χ4v) is 5.21. The number of nitrogens with zero attached hydrogens (tertiary/aromatic N) is 2. The monoisotopic (exact) mass is 475 g/mol. The number of likely N-dealkylation sites (tertiary alicyclic amines) is 1. The largest absolute Gasteiger partial charge is 0.339 e. The normalized spacial score (nSPS) is 16.7. The number of Topliss-reactive ketones (excluding diaryl/α,β-unsaturated/α-hetero) is 1. The second kappa shape index (κ2) is 10.8. The Kier molecular flexibility index (Phi) is 7.63. The third-order valence-corrected chi connectivity index (χ3v) is 7.15. The number of hydrogen-bond acceptors (Lipinski definition) is 5. The van der Waals surface area contributed by atoms with Crippen LogP contribution in [-0.2, 0) is 15.3 Å². The minimum atomic E-state index is -0.702. The minimum Gasteiger partial charge on any atom is -0.339 e. The predicted molar refractivity (Wildman–Crippen MR) is 136 cm³/mol. The van der Waals surface area contributed by atoms with Gasteiger partial charge in [-0.15, -0.1) is 11.8 Å². The predicted octanol–water partition coefficient (Wildman–Crippen LogP) is 4.09. The molecule has 0 radical (unpaired) electrons. The van der Waals surface area contributed by atoms with Crippen LogP contribution in [0.2, 0.25) is 0 Å². The summed E-state index contributed by atoms with van der Waals surface area (Å²) in [5.74, 6) is 0.378. The molecule has 0 bridgehead atoms. The van der Waals surface area contributed by atoms with Crippen LogP contribution >= 0.6 is 11.8 Å². The number of nitrogens with one attached hydrogen (secondary N) is 1. The molecule has 1 aromatic heterocycles. The average Bonchev–Trinajstić information content (AvgIpc) is 3.22. The molecule has 1 fully saturated rings. The maximum absolute atomic E-state index is 13.4. The van der Waals surface area contributed by atoms with Gasteiger partial charge >= 0.3 is 0 Å². The van der Waals surface area contributed by atoms with Crippen molar-refractivity contribution in [3.63, 3.8) is 0 Å². The number of amides is 2. The third-order valence-electron chi connectivity index (χ3n) is 5.84. The van der Waals surface area contributed by atoms with Gasteiger partial charge in [-0.1, -0.05) is 68.4 Å².